The van der Waals surface area contributed by atoms with Gasteiger partial charge in [0, 0.05) is 18.1 Å². The van der Waals surface area contributed by atoms with Crippen LogP contribution in [0.5, 0.6) is 0 Å². The number of hydrogen-bond acceptors (Lipinski definition) is 4. The van der Waals surface area contributed by atoms with Crippen molar-refractivity contribution in [1.82, 2.24) is 4.98 Å². The Morgan fingerprint density at radius 2 is 2.17 bits per heavy atom. The molecule has 0 aromatic carbocycles. The number of carbonyl (C=O) groups is 1. The lowest BCUT2D eigenvalue weighted by atomic mass is 10.1. The second-order valence-electron chi connectivity index (χ2n) is 4.03. The summed E-state index contributed by atoms with van der Waals surface area (Å²) in [5, 5.41) is 9.78. The molecular weight excluding hydrogens is 250 g/mol. The molecule has 0 unspecified atom stereocenters. The van der Waals surface area contributed by atoms with Crippen LogP contribution in [-0.2, 0) is 4.74 Å². The summed E-state index contributed by atoms with van der Waals surface area (Å²) in [6.07, 6.45) is 0.993. The van der Waals surface area contributed by atoms with Crippen molar-refractivity contribution in [3.63, 3.8) is 0 Å². The Hall–Kier alpha value is -1.07. The van der Waals surface area contributed by atoms with E-state index in [9.17, 15) is 9.90 Å². The molecule has 0 aliphatic heterocycles. The molecule has 0 saturated heterocycles. The van der Waals surface area contributed by atoms with Crippen molar-refractivity contribution in [1.29, 1.82) is 0 Å². The highest BCUT2D eigenvalue weighted by Gasteiger charge is 2.15. The summed E-state index contributed by atoms with van der Waals surface area (Å²) in [5.41, 5.74) is 1.91. The number of aromatic carboxylic acids is 1. The molecule has 0 saturated carbocycles. The highest BCUT2D eigenvalue weighted by molar-refractivity contribution is 7.99. The molecule has 0 aliphatic carbocycles. The predicted molar refractivity (Wildman–Crippen MR) is 72.5 cm³/mol. The third-order valence-electron chi connectivity index (χ3n) is 2.34. The largest absolute Gasteiger partial charge is 0.478 e. The van der Waals surface area contributed by atoms with E-state index in [0.29, 0.717) is 17.2 Å². The van der Waals surface area contributed by atoms with E-state index in [2.05, 4.69) is 11.9 Å². The summed E-state index contributed by atoms with van der Waals surface area (Å²) >= 11 is 1.44. The first-order valence-corrected chi connectivity index (χ1v) is 6.97. The van der Waals surface area contributed by atoms with E-state index in [0.717, 1.165) is 30.0 Å². The van der Waals surface area contributed by atoms with Gasteiger partial charge in [-0.3, -0.25) is 0 Å². The van der Waals surface area contributed by atoms with Crippen LogP contribution in [-0.4, -0.2) is 35.0 Å². The summed E-state index contributed by atoms with van der Waals surface area (Å²) in [5.74, 6) is -0.201. The fraction of sp³-hybridized carbons (Fsp3) is 0.538. The number of carboxylic acids is 1. The zero-order valence-electron chi connectivity index (χ0n) is 11.0. The molecule has 0 fully saturated rings. The second kappa shape index (κ2) is 7.38. The molecule has 1 aromatic rings. The second-order valence-corrected chi connectivity index (χ2v) is 5.11. The Morgan fingerprint density at radius 1 is 1.44 bits per heavy atom. The van der Waals surface area contributed by atoms with Crippen LogP contribution in [0.1, 0.15) is 35.0 Å². The average molecular weight is 269 g/mol. The third kappa shape index (κ3) is 4.31. The predicted octanol–water partition coefficient (Wildman–Crippen LogP) is 2.92. The number of ether oxygens (including phenoxy) is 1. The van der Waals surface area contributed by atoms with Gasteiger partial charge in [0.1, 0.15) is 5.03 Å². The lowest BCUT2D eigenvalue weighted by Crippen LogP contribution is -2.06. The number of carboxylic acid groups (broad SMARTS) is 1. The van der Waals surface area contributed by atoms with Gasteiger partial charge in [0.15, 0.2) is 0 Å². The van der Waals surface area contributed by atoms with Crippen molar-refractivity contribution < 1.29 is 14.6 Å². The molecule has 100 valence electrons. The maximum Gasteiger partial charge on any atom is 0.338 e. The van der Waals surface area contributed by atoms with Crippen LogP contribution in [0.15, 0.2) is 11.1 Å². The van der Waals surface area contributed by atoms with Crippen LogP contribution in [0.2, 0.25) is 0 Å². The molecule has 0 bridgehead atoms. The van der Waals surface area contributed by atoms with Crippen LogP contribution >= 0.6 is 11.8 Å². The minimum atomic E-state index is -0.919. The van der Waals surface area contributed by atoms with E-state index < -0.39 is 5.97 Å². The first-order chi connectivity index (χ1) is 8.56. The lowest BCUT2D eigenvalue weighted by molar-refractivity contribution is 0.0691. The van der Waals surface area contributed by atoms with Crippen LogP contribution in [0.25, 0.3) is 0 Å². The van der Waals surface area contributed by atoms with E-state index in [1.165, 1.54) is 11.8 Å². The normalized spacial score (nSPS) is 10.6. The van der Waals surface area contributed by atoms with Crippen molar-refractivity contribution >= 4 is 17.7 Å². The summed E-state index contributed by atoms with van der Waals surface area (Å²) in [4.78, 5) is 15.5. The number of pyridine rings is 1. The van der Waals surface area contributed by atoms with Crippen molar-refractivity contribution in [2.45, 2.75) is 32.2 Å². The zero-order valence-corrected chi connectivity index (χ0v) is 11.8. The van der Waals surface area contributed by atoms with Gasteiger partial charge in [-0.15, -0.1) is 11.8 Å². The van der Waals surface area contributed by atoms with Crippen molar-refractivity contribution in [2.75, 3.05) is 19.0 Å². The minimum absolute atomic E-state index is 0.307. The Balaban J connectivity index is 2.71. The maximum atomic E-state index is 11.2. The zero-order chi connectivity index (χ0) is 13.5. The van der Waals surface area contributed by atoms with Gasteiger partial charge in [-0.2, -0.15) is 0 Å². The number of aromatic nitrogens is 1. The van der Waals surface area contributed by atoms with Gasteiger partial charge in [0.25, 0.3) is 0 Å². The summed E-state index contributed by atoms with van der Waals surface area (Å²) < 4.78 is 5.37. The first kappa shape index (κ1) is 15.0. The van der Waals surface area contributed by atoms with E-state index >= 15 is 0 Å². The van der Waals surface area contributed by atoms with Crippen LogP contribution in [0.3, 0.4) is 0 Å². The summed E-state index contributed by atoms with van der Waals surface area (Å²) in [6, 6.07) is 1.79. The molecule has 1 rings (SSSR count). The molecule has 0 atom stereocenters. The van der Waals surface area contributed by atoms with E-state index in [1.54, 1.807) is 13.0 Å². The van der Waals surface area contributed by atoms with Gasteiger partial charge in [-0.25, -0.2) is 9.78 Å². The Morgan fingerprint density at radius 3 is 2.78 bits per heavy atom. The van der Waals surface area contributed by atoms with Gasteiger partial charge < -0.3 is 9.84 Å². The fourth-order valence-corrected chi connectivity index (χ4v) is 2.61. The van der Waals surface area contributed by atoms with Crippen molar-refractivity contribution in [3.8, 4) is 0 Å². The van der Waals surface area contributed by atoms with Crippen LogP contribution < -0.4 is 0 Å². The Kier molecular flexibility index (Phi) is 6.15. The van der Waals surface area contributed by atoms with E-state index in [4.69, 9.17) is 4.74 Å². The molecule has 0 spiro atoms. The monoisotopic (exact) mass is 269 g/mol. The molecule has 1 heterocycles. The van der Waals surface area contributed by atoms with E-state index in [1.807, 2.05) is 6.92 Å². The molecule has 1 N–H and O–H groups in total. The maximum absolute atomic E-state index is 11.2. The Labute approximate surface area is 112 Å². The molecule has 5 heteroatoms. The SMILES string of the molecule is CCCOCCSc1nc(C)cc(C)c1C(=O)O. The van der Waals surface area contributed by atoms with Crippen LogP contribution in [0.4, 0.5) is 0 Å². The fourth-order valence-electron chi connectivity index (χ4n) is 1.61. The molecule has 0 aliphatic rings. The first-order valence-electron chi connectivity index (χ1n) is 5.98. The molecule has 0 radical (unpaired) electrons. The average Bonchev–Trinajstić information content (AvgIpc) is 2.27. The molecule has 0 amide bonds. The van der Waals surface area contributed by atoms with Crippen molar-refractivity contribution in [3.05, 3.63) is 22.9 Å². The van der Waals surface area contributed by atoms with Gasteiger partial charge in [-0.1, -0.05) is 6.92 Å². The van der Waals surface area contributed by atoms with Gasteiger partial charge in [0.2, 0.25) is 0 Å². The molecule has 18 heavy (non-hydrogen) atoms. The van der Waals surface area contributed by atoms with E-state index in [-0.39, 0.29) is 0 Å². The number of nitrogens with zero attached hydrogens (tertiary/aromatic N) is 1. The minimum Gasteiger partial charge on any atom is -0.478 e. The standard InChI is InChI=1S/C13H19NO3S/c1-4-5-17-6-7-18-12-11(13(15)16)9(2)8-10(3)14-12/h8H,4-7H2,1-3H3,(H,15,16). The number of aryl methyl sites for hydroxylation is 2. The molecule has 4 nitrogen and oxygen atoms in total. The number of hydrogen-bond donors (Lipinski definition) is 1. The van der Waals surface area contributed by atoms with Gasteiger partial charge >= 0.3 is 5.97 Å². The Bertz CT molecular complexity index is 421. The third-order valence-corrected chi connectivity index (χ3v) is 3.28. The quantitative estimate of drug-likeness (QED) is 0.609. The van der Waals surface area contributed by atoms with Gasteiger partial charge in [-0.05, 0) is 31.9 Å². The topological polar surface area (TPSA) is 59.4 Å². The number of thioether (sulfide) groups is 1. The highest BCUT2D eigenvalue weighted by atomic mass is 32.2. The molecular formula is C13H19NO3S. The van der Waals surface area contributed by atoms with Crippen molar-refractivity contribution in [2.24, 2.45) is 0 Å². The van der Waals surface area contributed by atoms with Crippen LogP contribution in [0, 0.1) is 13.8 Å². The highest BCUT2D eigenvalue weighted by Crippen LogP contribution is 2.24. The van der Waals surface area contributed by atoms with Gasteiger partial charge in [0.05, 0.1) is 12.2 Å². The number of rotatable bonds is 7. The lowest BCUT2D eigenvalue weighted by Gasteiger charge is -2.09. The summed E-state index contributed by atoms with van der Waals surface area (Å²) in [6.45, 7) is 7.09. The molecule has 1 aromatic heterocycles. The smallest absolute Gasteiger partial charge is 0.338 e. The summed E-state index contributed by atoms with van der Waals surface area (Å²) in [7, 11) is 0.